The largest absolute Gasteiger partial charge is 4.00 e. The van der Waals surface area contributed by atoms with Gasteiger partial charge in [0.25, 0.3) is 0 Å². The summed E-state index contributed by atoms with van der Waals surface area (Å²) in [4.78, 5) is 0. The maximum absolute atomic E-state index is 2.18. The minimum atomic E-state index is 0. The zero-order valence-corrected chi connectivity index (χ0v) is 16.5. The normalized spacial score (nSPS) is 6.32. The Morgan fingerprint density at radius 1 is 0.316 bits per heavy atom. The Balaban J connectivity index is -0.0000000192. The summed E-state index contributed by atoms with van der Waals surface area (Å²) in [6, 6.07) is 0. The fourth-order valence-electron chi connectivity index (χ4n) is 0. The van der Waals surface area contributed by atoms with Crippen LogP contribution < -0.4 is 0 Å². The molecule has 0 radical (unpaired) electrons. The third-order valence-corrected chi connectivity index (χ3v) is 2.00. The summed E-state index contributed by atoms with van der Waals surface area (Å²) in [6.07, 6.45) is 10.6. The number of unbranched alkanes of at least 4 members (excludes halogenated alkanes) is 4. The Morgan fingerprint density at radius 3 is 0.368 bits per heavy atom. The van der Waals surface area contributed by atoms with E-state index in [1.165, 1.54) is 51.4 Å². The van der Waals surface area contributed by atoms with Gasteiger partial charge in [-0.25, -0.2) is 0 Å². The van der Waals surface area contributed by atoms with Crippen molar-refractivity contribution in [3.63, 3.8) is 0 Å². The monoisotopic (exact) mass is 312 g/mol. The van der Waals surface area contributed by atoms with Gasteiger partial charge in [-0.15, -0.1) is 0 Å². The van der Waals surface area contributed by atoms with Crippen LogP contribution in [0.5, 0.6) is 0 Å². The molecular formula is C16H40O2Ti. The predicted molar refractivity (Wildman–Crippen MR) is 83.7 cm³/mol. The van der Waals surface area contributed by atoms with Crippen LogP contribution in [-0.2, 0) is 32.7 Å². The molecule has 0 spiro atoms. The SMILES string of the molecule is CCCC.CCCC.CCCC.CCCC.[O-2].[O-2].[Ti+4]. The average molecular weight is 312 g/mol. The molecule has 19 heavy (non-hydrogen) atoms. The molecule has 120 valence electrons. The summed E-state index contributed by atoms with van der Waals surface area (Å²) in [5.41, 5.74) is 0. The number of hydrogen-bond donors (Lipinski definition) is 0. The van der Waals surface area contributed by atoms with Gasteiger partial charge < -0.3 is 11.0 Å². The summed E-state index contributed by atoms with van der Waals surface area (Å²) in [5, 5.41) is 0. The Labute approximate surface area is 139 Å². The van der Waals surface area contributed by atoms with Gasteiger partial charge in [0.1, 0.15) is 0 Å². The first-order chi connectivity index (χ1) is 7.66. The fraction of sp³-hybridized carbons (Fsp3) is 1.00. The molecule has 0 saturated carbocycles. The molecule has 0 unspecified atom stereocenters. The van der Waals surface area contributed by atoms with E-state index in [4.69, 9.17) is 0 Å². The van der Waals surface area contributed by atoms with Gasteiger partial charge in [-0.05, 0) is 0 Å². The van der Waals surface area contributed by atoms with Gasteiger partial charge in [0.15, 0.2) is 0 Å². The first-order valence-corrected chi connectivity index (χ1v) is 7.66. The van der Waals surface area contributed by atoms with Gasteiger partial charge in [-0.1, -0.05) is 107 Å². The van der Waals surface area contributed by atoms with Crippen LogP contribution in [0.4, 0.5) is 0 Å². The van der Waals surface area contributed by atoms with Crippen LogP contribution in [0.2, 0.25) is 0 Å². The zero-order chi connectivity index (χ0) is 13.7. The first-order valence-electron chi connectivity index (χ1n) is 7.66. The summed E-state index contributed by atoms with van der Waals surface area (Å²) < 4.78 is 0. The molecule has 3 heteroatoms. The molecule has 0 amide bonds. The van der Waals surface area contributed by atoms with Crippen molar-refractivity contribution in [1.82, 2.24) is 0 Å². The second-order valence-corrected chi connectivity index (χ2v) is 4.00. The van der Waals surface area contributed by atoms with Gasteiger partial charge >= 0.3 is 21.7 Å². The van der Waals surface area contributed by atoms with Crippen LogP contribution in [0.1, 0.15) is 107 Å². The van der Waals surface area contributed by atoms with Crippen molar-refractivity contribution in [2.45, 2.75) is 107 Å². The molecule has 0 bridgehead atoms. The number of rotatable bonds is 4. The summed E-state index contributed by atoms with van der Waals surface area (Å²) in [5.74, 6) is 0. The minimum Gasteiger partial charge on any atom is -2.00 e. The van der Waals surface area contributed by atoms with E-state index in [9.17, 15) is 0 Å². The van der Waals surface area contributed by atoms with Gasteiger partial charge in [0, 0.05) is 0 Å². The third kappa shape index (κ3) is 240. The zero-order valence-electron chi connectivity index (χ0n) is 15.0. The standard InChI is InChI=1S/4C4H10.2O.Ti/c4*1-3-4-2;;;/h4*3-4H2,1-2H3;;;/q;;;;2*-2;+4. The number of hydrogen-bond acceptors (Lipinski definition) is 0. The van der Waals surface area contributed by atoms with Crippen LogP contribution in [0.15, 0.2) is 0 Å². The third-order valence-electron chi connectivity index (χ3n) is 2.00. The van der Waals surface area contributed by atoms with Crippen molar-refractivity contribution in [1.29, 1.82) is 0 Å². The Kier molecular flexibility index (Phi) is 175. The summed E-state index contributed by atoms with van der Waals surface area (Å²) in [7, 11) is 0. The molecule has 0 aromatic rings. The van der Waals surface area contributed by atoms with Gasteiger partial charge in [-0.2, -0.15) is 0 Å². The molecule has 0 fully saturated rings. The molecule has 0 heterocycles. The van der Waals surface area contributed by atoms with Crippen molar-refractivity contribution in [2.24, 2.45) is 0 Å². The predicted octanol–water partition coefficient (Wildman–Crippen LogP) is 6.99. The molecule has 0 aromatic carbocycles. The van der Waals surface area contributed by atoms with E-state index in [-0.39, 0.29) is 32.7 Å². The molecule has 0 aromatic heterocycles. The molecule has 0 aliphatic carbocycles. The van der Waals surface area contributed by atoms with E-state index in [0.29, 0.717) is 0 Å². The van der Waals surface area contributed by atoms with Crippen LogP contribution in [0.3, 0.4) is 0 Å². The molecule has 0 aliphatic rings. The van der Waals surface area contributed by atoms with Crippen LogP contribution >= 0.6 is 0 Å². The van der Waals surface area contributed by atoms with E-state index in [2.05, 4.69) is 55.4 Å². The average Bonchev–Trinajstić information content (AvgIpc) is 2.39. The van der Waals surface area contributed by atoms with Crippen LogP contribution in [0.25, 0.3) is 0 Å². The van der Waals surface area contributed by atoms with Crippen molar-refractivity contribution < 1.29 is 32.7 Å². The van der Waals surface area contributed by atoms with Crippen molar-refractivity contribution in [2.75, 3.05) is 0 Å². The maximum atomic E-state index is 2.18. The van der Waals surface area contributed by atoms with Gasteiger partial charge in [0.05, 0.1) is 0 Å². The second kappa shape index (κ2) is 77.7. The van der Waals surface area contributed by atoms with Gasteiger partial charge in [0.2, 0.25) is 0 Å². The smallest absolute Gasteiger partial charge is 2.00 e. The molecular weight excluding hydrogens is 272 g/mol. The quantitative estimate of drug-likeness (QED) is 0.502. The Bertz CT molecular complexity index is 38.7. The molecule has 2 nitrogen and oxygen atoms in total. The summed E-state index contributed by atoms with van der Waals surface area (Å²) >= 11 is 0. The molecule has 0 atom stereocenters. The van der Waals surface area contributed by atoms with Gasteiger partial charge in [-0.3, -0.25) is 0 Å². The van der Waals surface area contributed by atoms with E-state index in [1.807, 2.05) is 0 Å². The van der Waals surface area contributed by atoms with E-state index >= 15 is 0 Å². The fourth-order valence-corrected chi connectivity index (χ4v) is 0. The molecule has 0 saturated heterocycles. The van der Waals surface area contributed by atoms with E-state index in [0.717, 1.165) is 0 Å². The molecule has 0 N–H and O–H groups in total. The first kappa shape index (κ1) is 42.7. The Hall–Kier alpha value is 0.634. The Morgan fingerprint density at radius 2 is 0.368 bits per heavy atom. The second-order valence-electron chi connectivity index (χ2n) is 4.00. The van der Waals surface area contributed by atoms with Crippen molar-refractivity contribution >= 4 is 0 Å². The van der Waals surface area contributed by atoms with E-state index < -0.39 is 0 Å². The van der Waals surface area contributed by atoms with Crippen LogP contribution in [0, 0.1) is 0 Å². The summed E-state index contributed by atoms with van der Waals surface area (Å²) in [6.45, 7) is 17.4. The molecule has 0 rings (SSSR count). The van der Waals surface area contributed by atoms with Crippen LogP contribution in [-0.4, -0.2) is 0 Å². The van der Waals surface area contributed by atoms with Crippen molar-refractivity contribution in [3.8, 4) is 0 Å². The topological polar surface area (TPSA) is 57.0 Å². The maximum Gasteiger partial charge on any atom is 4.00 e. The van der Waals surface area contributed by atoms with Crippen molar-refractivity contribution in [3.05, 3.63) is 0 Å². The minimum absolute atomic E-state index is 0. The van der Waals surface area contributed by atoms with E-state index in [1.54, 1.807) is 0 Å². The molecule has 0 aliphatic heterocycles.